The van der Waals surface area contributed by atoms with Crippen LogP contribution in [-0.4, -0.2) is 43.3 Å². The summed E-state index contributed by atoms with van der Waals surface area (Å²) in [6.45, 7) is 0.633. The fourth-order valence-electron chi connectivity index (χ4n) is 1.17. The molecule has 0 fully saturated rings. The van der Waals surface area contributed by atoms with E-state index in [1.807, 2.05) is 0 Å². The number of aliphatic carboxylic acids is 1. The summed E-state index contributed by atoms with van der Waals surface area (Å²) in [5, 5.41) is 11.2. The molecule has 0 radical (unpaired) electrons. The Bertz CT molecular complexity index is 221. The van der Waals surface area contributed by atoms with E-state index in [1.165, 1.54) is 7.11 Å². The first-order valence-electron chi connectivity index (χ1n) is 5.34. The Morgan fingerprint density at radius 3 is 2.56 bits per heavy atom. The quantitative estimate of drug-likeness (QED) is 0.475. The van der Waals surface area contributed by atoms with Gasteiger partial charge in [-0.3, -0.25) is 4.79 Å². The molecule has 6 nitrogen and oxygen atoms in total. The number of nitrogens with one attached hydrogen (secondary N) is 1. The molecule has 6 heteroatoms. The van der Waals surface area contributed by atoms with E-state index in [0.29, 0.717) is 13.0 Å². The molecule has 0 heterocycles. The third-order valence-electron chi connectivity index (χ3n) is 2.15. The van der Waals surface area contributed by atoms with E-state index in [4.69, 9.17) is 10.8 Å². The van der Waals surface area contributed by atoms with Crippen LogP contribution in [0.5, 0.6) is 0 Å². The Kier molecular flexibility index (Phi) is 8.46. The molecule has 0 aromatic rings. The van der Waals surface area contributed by atoms with Gasteiger partial charge in [0.15, 0.2) is 6.10 Å². The first-order valence-corrected chi connectivity index (χ1v) is 5.34. The SMILES string of the molecule is COC(CNC(=O)CCCCCN)C(=O)O. The van der Waals surface area contributed by atoms with Crippen molar-refractivity contribution in [2.24, 2.45) is 5.73 Å². The van der Waals surface area contributed by atoms with Crippen LogP contribution < -0.4 is 11.1 Å². The minimum absolute atomic E-state index is 0.00154. The molecule has 0 aromatic carbocycles. The number of carboxylic acid groups (broad SMARTS) is 1. The largest absolute Gasteiger partial charge is 0.479 e. The molecule has 1 unspecified atom stereocenters. The first kappa shape index (κ1) is 14.9. The van der Waals surface area contributed by atoms with Gasteiger partial charge in [0, 0.05) is 13.5 Å². The number of carboxylic acids is 1. The van der Waals surface area contributed by atoms with Crippen molar-refractivity contribution in [2.45, 2.75) is 31.8 Å². The summed E-state index contributed by atoms with van der Waals surface area (Å²) in [5.41, 5.74) is 5.31. The van der Waals surface area contributed by atoms with Crippen LogP contribution in [0.4, 0.5) is 0 Å². The molecule has 0 rings (SSSR count). The van der Waals surface area contributed by atoms with Gasteiger partial charge in [-0.1, -0.05) is 6.42 Å². The van der Waals surface area contributed by atoms with Crippen LogP contribution in [0.2, 0.25) is 0 Å². The normalized spacial score (nSPS) is 12.1. The highest BCUT2D eigenvalue weighted by atomic mass is 16.5. The molecule has 0 aromatic heterocycles. The molecular formula is C10H20N2O4. The molecule has 1 amide bonds. The second-order valence-electron chi connectivity index (χ2n) is 3.47. The zero-order chi connectivity index (χ0) is 12.4. The predicted molar refractivity (Wildman–Crippen MR) is 59.0 cm³/mol. The van der Waals surface area contributed by atoms with Crippen LogP contribution in [0.1, 0.15) is 25.7 Å². The van der Waals surface area contributed by atoms with Crippen LogP contribution in [-0.2, 0) is 14.3 Å². The predicted octanol–water partition coefficient (Wildman–Crippen LogP) is -0.279. The minimum atomic E-state index is -1.08. The van der Waals surface area contributed by atoms with Crippen molar-refractivity contribution >= 4 is 11.9 Å². The van der Waals surface area contributed by atoms with Gasteiger partial charge in [-0.25, -0.2) is 4.79 Å². The molecule has 16 heavy (non-hydrogen) atoms. The fraction of sp³-hybridized carbons (Fsp3) is 0.800. The lowest BCUT2D eigenvalue weighted by atomic mass is 10.2. The van der Waals surface area contributed by atoms with Crippen molar-refractivity contribution in [3.63, 3.8) is 0 Å². The zero-order valence-electron chi connectivity index (χ0n) is 9.57. The Morgan fingerprint density at radius 2 is 2.06 bits per heavy atom. The molecule has 94 valence electrons. The van der Waals surface area contributed by atoms with Gasteiger partial charge in [0.1, 0.15) is 0 Å². The maximum Gasteiger partial charge on any atom is 0.334 e. The highest BCUT2D eigenvalue weighted by Gasteiger charge is 2.16. The molecule has 4 N–H and O–H groups in total. The van der Waals surface area contributed by atoms with E-state index in [2.05, 4.69) is 10.1 Å². The van der Waals surface area contributed by atoms with E-state index >= 15 is 0 Å². The molecule has 0 saturated carbocycles. The maximum absolute atomic E-state index is 11.3. The second kappa shape index (κ2) is 9.11. The van der Waals surface area contributed by atoms with Gasteiger partial charge < -0.3 is 20.9 Å². The number of methoxy groups -OCH3 is 1. The summed E-state index contributed by atoms with van der Waals surface area (Å²) < 4.78 is 4.67. The maximum atomic E-state index is 11.3. The molecule has 0 spiro atoms. The molecular weight excluding hydrogens is 212 g/mol. The van der Waals surface area contributed by atoms with Gasteiger partial charge in [0.2, 0.25) is 5.91 Å². The molecule has 1 atom stereocenters. The summed E-state index contributed by atoms with van der Waals surface area (Å²) in [6, 6.07) is 0. The highest BCUT2D eigenvalue weighted by molar-refractivity contribution is 5.78. The van der Waals surface area contributed by atoms with E-state index in [9.17, 15) is 9.59 Å². The zero-order valence-corrected chi connectivity index (χ0v) is 9.57. The monoisotopic (exact) mass is 232 g/mol. The summed E-state index contributed by atoms with van der Waals surface area (Å²) >= 11 is 0. The number of ether oxygens (including phenoxy) is 1. The molecule has 0 aliphatic rings. The first-order chi connectivity index (χ1) is 7.61. The van der Waals surface area contributed by atoms with Crippen molar-refractivity contribution in [1.82, 2.24) is 5.32 Å². The van der Waals surface area contributed by atoms with Gasteiger partial charge in [0.05, 0.1) is 6.54 Å². The van der Waals surface area contributed by atoms with Gasteiger partial charge in [-0.15, -0.1) is 0 Å². The van der Waals surface area contributed by atoms with Gasteiger partial charge in [-0.2, -0.15) is 0 Å². The summed E-state index contributed by atoms with van der Waals surface area (Å²) in [6.07, 6.45) is 2.01. The van der Waals surface area contributed by atoms with Crippen molar-refractivity contribution < 1.29 is 19.4 Å². The molecule has 0 aliphatic heterocycles. The van der Waals surface area contributed by atoms with E-state index in [0.717, 1.165) is 19.3 Å². The van der Waals surface area contributed by atoms with Crippen molar-refractivity contribution in [2.75, 3.05) is 20.2 Å². The van der Waals surface area contributed by atoms with Crippen LogP contribution in [0.15, 0.2) is 0 Å². The third-order valence-corrected chi connectivity index (χ3v) is 2.15. The van der Waals surface area contributed by atoms with Gasteiger partial charge in [0.25, 0.3) is 0 Å². The fourth-order valence-corrected chi connectivity index (χ4v) is 1.17. The number of hydrogen-bond donors (Lipinski definition) is 3. The van der Waals surface area contributed by atoms with Crippen molar-refractivity contribution in [3.05, 3.63) is 0 Å². The highest BCUT2D eigenvalue weighted by Crippen LogP contribution is 1.98. The van der Waals surface area contributed by atoms with Gasteiger partial charge in [-0.05, 0) is 19.4 Å². The molecule has 0 aliphatic carbocycles. The number of nitrogens with two attached hydrogens (primary N) is 1. The Labute approximate surface area is 95.1 Å². The van der Waals surface area contributed by atoms with E-state index < -0.39 is 12.1 Å². The Morgan fingerprint density at radius 1 is 1.38 bits per heavy atom. The lowest BCUT2D eigenvalue weighted by molar-refractivity contribution is -0.148. The number of carbonyl (C=O) groups is 2. The lowest BCUT2D eigenvalue weighted by Crippen LogP contribution is -2.37. The number of unbranched alkanes of at least 4 members (excludes halogenated alkanes) is 2. The third kappa shape index (κ3) is 7.19. The number of hydrogen-bond acceptors (Lipinski definition) is 4. The second-order valence-corrected chi connectivity index (χ2v) is 3.47. The van der Waals surface area contributed by atoms with Crippen LogP contribution in [0.25, 0.3) is 0 Å². The molecule has 0 bridgehead atoms. The smallest absolute Gasteiger partial charge is 0.334 e. The lowest BCUT2D eigenvalue weighted by Gasteiger charge is -2.11. The van der Waals surface area contributed by atoms with Crippen LogP contribution in [0, 0.1) is 0 Å². The van der Waals surface area contributed by atoms with E-state index in [-0.39, 0.29) is 12.5 Å². The van der Waals surface area contributed by atoms with Crippen LogP contribution in [0.3, 0.4) is 0 Å². The number of amides is 1. The van der Waals surface area contributed by atoms with E-state index in [1.54, 1.807) is 0 Å². The Balaban J connectivity index is 3.59. The number of rotatable bonds is 9. The van der Waals surface area contributed by atoms with Crippen LogP contribution >= 0.6 is 0 Å². The summed E-state index contributed by atoms with van der Waals surface area (Å²) in [4.78, 5) is 21.8. The average Bonchev–Trinajstić information content (AvgIpc) is 2.25. The van der Waals surface area contributed by atoms with Crippen molar-refractivity contribution in [1.29, 1.82) is 0 Å². The standard InChI is InChI=1S/C10H20N2O4/c1-16-8(10(14)15)7-12-9(13)5-3-2-4-6-11/h8H,2-7,11H2,1H3,(H,12,13)(H,14,15). The topological polar surface area (TPSA) is 102 Å². The summed E-state index contributed by atoms with van der Waals surface area (Å²) in [5.74, 6) is -1.23. The summed E-state index contributed by atoms with van der Waals surface area (Å²) in [7, 11) is 1.30. The number of carbonyl (C=O) groups excluding carboxylic acids is 1. The minimum Gasteiger partial charge on any atom is -0.479 e. The van der Waals surface area contributed by atoms with Crippen molar-refractivity contribution in [3.8, 4) is 0 Å². The molecule has 0 saturated heterocycles. The Hall–Kier alpha value is -1.14. The van der Waals surface area contributed by atoms with Gasteiger partial charge >= 0.3 is 5.97 Å². The average molecular weight is 232 g/mol.